The normalized spacial score (nSPS) is 15.8. The molecule has 7 heteroatoms. The van der Waals surface area contributed by atoms with Gasteiger partial charge in [-0.3, -0.25) is 4.79 Å². The van der Waals surface area contributed by atoms with Crippen LogP contribution in [0.1, 0.15) is 22.1 Å². The van der Waals surface area contributed by atoms with Gasteiger partial charge < -0.3 is 5.32 Å². The lowest BCUT2D eigenvalue weighted by Gasteiger charge is -2.26. The van der Waals surface area contributed by atoms with E-state index in [4.69, 9.17) is 0 Å². The fourth-order valence-corrected chi connectivity index (χ4v) is 3.06. The number of nitrogens with zero attached hydrogens (tertiary/aromatic N) is 3. The maximum absolute atomic E-state index is 12.1. The Morgan fingerprint density at radius 3 is 2.94 bits per heavy atom. The first-order valence-corrected chi connectivity index (χ1v) is 6.88. The van der Waals surface area contributed by atoms with Crippen molar-refractivity contribution in [3.05, 3.63) is 32.7 Å². The van der Waals surface area contributed by atoms with Gasteiger partial charge in [-0.2, -0.15) is 11.3 Å². The first-order valence-electron chi connectivity index (χ1n) is 5.14. The molecule has 0 amide bonds. The van der Waals surface area contributed by atoms with E-state index in [-0.39, 0.29) is 5.78 Å². The zero-order valence-corrected chi connectivity index (χ0v) is 11.2. The maximum Gasteiger partial charge on any atom is 0.216 e. The molecule has 0 saturated carbocycles. The molecular weight excluding hydrogens is 304 g/mol. The maximum atomic E-state index is 12.1. The summed E-state index contributed by atoms with van der Waals surface area (Å²) in [6, 6.07) is 0.329. The second-order valence-electron chi connectivity index (χ2n) is 3.86. The summed E-state index contributed by atoms with van der Waals surface area (Å²) in [5.74, 6) is -0.0864. The van der Waals surface area contributed by atoms with Gasteiger partial charge >= 0.3 is 0 Å². The molecule has 17 heavy (non-hydrogen) atoms. The van der Waals surface area contributed by atoms with E-state index in [1.165, 1.54) is 11.3 Å². The molecule has 1 N–H and O–H groups in total. The summed E-state index contributed by atoms with van der Waals surface area (Å²) in [6.07, 6.45) is 1.72. The molecule has 1 aliphatic rings. The van der Waals surface area contributed by atoms with Crippen molar-refractivity contribution >= 4 is 33.0 Å². The third kappa shape index (κ3) is 1.94. The van der Waals surface area contributed by atoms with Crippen molar-refractivity contribution in [3.8, 4) is 0 Å². The molecule has 1 fully saturated rings. The first kappa shape index (κ1) is 11.1. The molecule has 0 atom stereocenters. The Balaban J connectivity index is 1.86. The van der Waals surface area contributed by atoms with Gasteiger partial charge in [0.2, 0.25) is 5.78 Å². The molecule has 1 saturated heterocycles. The van der Waals surface area contributed by atoms with E-state index < -0.39 is 0 Å². The van der Waals surface area contributed by atoms with Crippen LogP contribution in [0.4, 0.5) is 0 Å². The third-order valence-electron chi connectivity index (χ3n) is 2.74. The molecule has 0 bridgehead atoms. The second-order valence-corrected chi connectivity index (χ2v) is 5.46. The smallest absolute Gasteiger partial charge is 0.216 e. The van der Waals surface area contributed by atoms with Crippen LogP contribution in [0.5, 0.6) is 0 Å². The van der Waals surface area contributed by atoms with Crippen molar-refractivity contribution < 1.29 is 4.79 Å². The van der Waals surface area contributed by atoms with Gasteiger partial charge in [-0.15, -0.1) is 5.10 Å². The number of aromatic nitrogens is 3. The Morgan fingerprint density at radius 1 is 1.53 bits per heavy atom. The van der Waals surface area contributed by atoms with Crippen LogP contribution in [0.15, 0.2) is 21.4 Å². The molecule has 3 rings (SSSR count). The van der Waals surface area contributed by atoms with Gasteiger partial charge in [-0.25, -0.2) is 4.68 Å². The Hall–Kier alpha value is -1.05. The Labute approximate surface area is 110 Å². The molecule has 1 aliphatic heterocycles. The molecular formula is C10H9BrN4OS. The quantitative estimate of drug-likeness (QED) is 0.872. The number of hydrogen-bond acceptors (Lipinski definition) is 5. The van der Waals surface area contributed by atoms with E-state index in [1.54, 1.807) is 10.9 Å². The highest BCUT2D eigenvalue weighted by molar-refractivity contribution is 9.10. The number of carbonyl (C=O) groups is 1. The topological polar surface area (TPSA) is 59.8 Å². The Kier molecular flexibility index (Phi) is 2.81. The zero-order valence-electron chi connectivity index (χ0n) is 8.76. The molecule has 0 spiro atoms. The number of thiophene rings is 1. The van der Waals surface area contributed by atoms with E-state index in [0.717, 1.165) is 17.6 Å². The summed E-state index contributed by atoms with van der Waals surface area (Å²) in [4.78, 5) is 12.1. The molecule has 3 heterocycles. The summed E-state index contributed by atoms with van der Waals surface area (Å²) in [5, 5.41) is 14.8. The average Bonchev–Trinajstić information content (AvgIpc) is 2.84. The lowest BCUT2D eigenvalue weighted by atomic mass is 10.1. The van der Waals surface area contributed by atoms with Crippen LogP contribution in [-0.2, 0) is 0 Å². The molecule has 88 valence electrons. The largest absolute Gasteiger partial charge is 0.312 e. The number of carbonyl (C=O) groups excluding carboxylic acids is 1. The van der Waals surface area contributed by atoms with Crippen LogP contribution in [0.2, 0.25) is 0 Å². The standard InChI is InChI=1S/C10H9BrN4OS/c11-8-5-17-4-7(8)10(16)9-3-15(14-13-9)6-1-12-2-6/h3-6,12H,1-2H2. The second kappa shape index (κ2) is 4.32. The van der Waals surface area contributed by atoms with E-state index in [2.05, 4.69) is 31.6 Å². The van der Waals surface area contributed by atoms with Crippen molar-refractivity contribution in [2.24, 2.45) is 0 Å². The third-order valence-corrected chi connectivity index (χ3v) is 4.44. The van der Waals surface area contributed by atoms with E-state index in [9.17, 15) is 4.79 Å². The van der Waals surface area contributed by atoms with Gasteiger partial charge in [-0.05, 0) is 15.9 Å². The number of halogens is 1. The monoisotopic (exact) mass is 312 g/mol. The van der Waals surface area contributed by atoms with Crippen molar-refractivity contribution in [1.29, 1.82) is 0 Å². The van der Waals surface area contributed by atoms with Crippen molar-refractivity contribution in [1.82, 2.24) is 20.3 Å². The van der Waals surface area contributed by atoms with Gasteiger partial charge in [0.1, 0.15) is 0 Å². The number of ketones is 1. The van der Waals surface area contributed by atoms with Crippen LogP contribution >= 0.6 is 27.3 Å². The lowest BCUT2D eigenvalue weighted by Crippen LogP contribution is -2.43. The minimum absolute atomic E-state index is 0.0864. The Morgan fingerprint density at radius 2 is 2.35 bits per heavy atom. The first-order chi connectivity index (χ1) is 8.25. The fourth-order valence-electron chi connectivity index (χ4n) is 1.60. The SMILES string of the molecule is O=C(c1cn(C2CNC2)nn1)c1cscc1Br. The van der Waals surface area contributed by atoms with Gasteiger partial charge in [0.15, 0.2) is 5.69 Å². The highest BCUT2D eigenvalue weighted by atomic mass is 79.9. The molecule has 2 aromatic rings. The molecule has 0 aromatic carbocycles. The zero-order chi connectivity index (χ0) is 11.8. The van der Waals surface area contributed by atoms with Crippen LogP contribution < -0.4 is 5.32 Å². The van der Waals surface area contributed by atoms with Crippen LogP contribution in [0.3, 0.4) is 0 Å². The molecule has 5 nitrogen and oxygen atoms in total. The van der Waals surface area contributed by atoms with Gasteiger partial charge in [-0.1, -0.05) is 5.21 Å². The van der Waals surface area contributed by atoms with E-state index in [0.29, 0.717) is 17.3 Å². The number of rotatable bonds is 3. The average molecular weight is 313 g/mol. The number of nitrogens with one attached hydrogen (secondary N) is 1. The van der Waals surface area contributed by atoms with Crippen LogP contribution in [-0.4, -0.2) is 33.9 Å². The molecule has 0 aliphatic carbocycles. The molecule has 2 aromatic heterocycles. The highest BCUT2D eigenvalue weighted by Gasteiger charge is 2.23. The van der Waals surface area contributed by atoms with Crippen molar-refractivity contribution in [3.63, 3.8) is 0 Å². The van der Waals surface area contributed by atoms with Gasteiger partial charge in [0, 0.05) is 33.9 Å². The van der Waals surface area contributed by atoms with Crippen LogP contribution in [0, 0.1) is 0 Å². The minimum Gasteiger partial charge on any atom is -0.312 e. The molecule has 0 radical (unpaired) electrons. The summed E-state index contributed by atoms with van der Waals surface area (Å²) >= 11 is 4.83. The van der Waals surface area contributed by atoms with Gasteiger partial charge in [0.25, 0.3) is 0 Å². The summed E-state index contributed by atoms with van der Waals surface area (Å²) in [6.45, 7) is 1.78. The van der Waals surface area contributed by atoms with Crippen molar-refractivity contribution in [2.45, 2.75) is 6.04 Å². The van der Waals surface area contributed by atoms with Gasteiger partial charge in [0.05, 0.1) is 12.2 Å². The predicted molar refractivity (Wildman–Crippen MR) is 67.4 cm³/mol. The number of hydrogen-bond donors (Lipinski definition) is 1. The van der Waals surface area contributed by atoms with Crippen molar-refractivity contribution in [2.75, 3.05) is 13.1 Å². The minimum atomic E-state index is -0.0864. The lowest BCUT2D eigenvalue weighted by molar-refractivity contribution is 0.103. The summed E-state index contributed by atoms with van der Waals surface area (Å²) in [7, 11) is 0. The molecule has 0 unspecified atom stereocenters. The predicted octanol–water partition coefficient (Wildman–Crippen LogP) is 1.48. The fraction of sp³-hybridized carbons (Fsp3) is 0.300. The summed E-state index contributed by atoms with van der Waals surface area (Å²) in [5.41, 5.74) is 1.05. The highest BCUT2D eigenvalue weighted by Crippen LogP contribution is 2.23. The Bertz CT molecular complexity index is 560. The summed E-state index contributed by atoms with van der Waals surface area (Å²) < 4.78 is 2.57. The van der Waals surface area contributed by atoms with E-state index >= 15 is 0 Å². The van der Waals surface area contributed by atoms with Crippen LogP contribution in [0.25, 0.3) is 0 Å². The van der Waals surface area contributed by atoms with E-state index in [1.807, 2.05) is 10.8 Å².